The number of amides is 2. The lowest BCUT2D eigenvalue weighted by molar-refractivity contribution is 0.0974. The van der Waals surface area contributed by atoms with Gasteiger partial charge in [-0.3, -0.25) is 14.9 Å². The first kappa shape index (κ1) is 20.3. The molecule has 0 aliphatic carbocycles. The van der Waals surface area contributed by atoms with Crippen LogP contribution in [0.3, 0.4) is 0 Å². The minimum absolute atomic E-state index is 0.110. The predicted octanol–water partition coefficient (Wildman–Crippen LogP) is 2.33. The smallest absolute Gasteiger partial charge is 0.257 e. The number of primary amides is 1. The summed E-state index contributed by atoms with van der Waals surface area (Å²) in [6, 6.07) is 13.2. The van der Waals surface area contributed by atoms with Crippen molar-refractivity contribution in [1.29, 1.82) is 0 Å². The largest absolute Gasteiger partial charge is 0.491 e. The van der Waals surface area contributed by atoms with Crippen molar-refractivity contribution in [2.45, 2.75) is 6.92 Å². The highest BCUT2D eigenvalue weighted by atomic mass is 32.1. The quantitative estimate of drug-likeness (QED) is 0.475. The highest BCUT2D eigenvalue weighted by molar-refractivity contribution is 7.80. The van der Waals surface area contributed by atoms with Crippen molar-refractivity contribution in [2.24, 2.45) is 5.73 Å². The Kier molecular flexibility index (Phi) is 7.72. The molecule has 0 aliphatic rings. The van der Waals surface area contributed by atoms with Crippen LogP contribution < -0.4 is 21.1 Å². The third-order valence-electron chi connectivity index (χ3n) is 3.45. The number of hydrogen-bond acceptors (Lipinski definition) is 5. The van der Waals surface area contributed by atoms with Crippen molar-refractivity contribution in [3.05, 3.63) is 59.7 Å². The zero-order chi connectivity index (χ0) is 19.6. The van der Waals surface area contributed by atoms with Crippen molar-refractivity contribution in [2.75, 3.05) is 25.1 Å². The summed E-state index contributed by atoms with van der Waals surface area (Å²) in [5.74, 6) is -0.258. The fourth-order valence-electron chi connectivity index (χ4n) is 2.15. The minimum Gasteiger partial charge on any atom is -0.491 e. The number of nitrogens with one attached hydrogen (secondary N) is 2. The lowest BCUT2D eigenvalue weighted by Crippen LogP contribution is -2.34. The second-order valence-electron chi connectivity index (χ2n) is 5.42. The molecule has 7 nitrogen and oxygen atoms in total. The molecule has 2 amide bonds. The van der Waals surface area contributed by atoms with Crippen LogP contribution in [0.1, 0.15) is 27.6 Å². The van der Waals surface area contributed by atoms with Crippen LogP contribution in [0.2, 0.25) is 0 Å². The van der Waals surface area contributed by atoms with E-state index in [1.807, 2.05) is 6.92 Å². The van der Waals surface area contributed by atoms with Gasteiger partial charge in [-0.2, -0.15) is 0 Å². The molecule has 4 N–H and O–H groups in total. The highest BCUT2D eigenvalue weighted by Crippen LogP contribution is 2.13. The molecule has 0 radical (unpaired) electrons. The first-order valence-corrected chi connectivity index (χ1v) is 8.73. The molecular formula is C19H21N3O4S. The van der Waals surface area contributed by atoms with Crippen LogP contribution in [0.15, 0.2) is 48.5 Å². The Morgan fingerprint density at radius 1 is 1.07 bits per heavy atom. The molecule has 0 aromatic heterocycles. The molecule has 0 bridgehead atoms. The molecule has 0 saturated carbocycles. The molecule has 0 fully saturated rings. The van der Waals surface area contributed by atoms with Crippen molar-refractivity contribution >= 4 is 34.8 Å². The van der Waals surface area contributed by atoms with Crippen molar-refractivity contribution < 1.29 is 19.1 Å². The maximum absolute atomic E-state index is 12.3. The van der Waals surface area contributed by atoms with Gasteiger partial charge in [0.15, 0.2) is 5.11 Å². The zero-order valence-corrected chi connectivity index (χ0v) is 15.7. The van der Waals surface area contributed by atoms with Gasteiger partial charge in [0.2, 0.25) is 5.91 Å². The first-order chi connectivity index (χ1) is 13.0. The molecular weight excluding hydrogens is 366 g/mol. The van der Waals surface area contributed by atoms with E-state index in [-0.39, 0.29) is 11.0 Å². The number of carbonyl (C=O) groups is 2. The average molecular weight is 387 g/mol. The Balaban J connectivity index is 1.87. The Labute approximate surface area is 162 Å². The minimum atomic E-state index is -0.544. The summed E-state index contributed by atoms with van der Waals surface area (Å²) in [7, 11) is 0. The summed E-state index contributed by atoms with van der Waals surface area (Å²) >= 11 is 5.13. The van der Waals surface area contributed by atoms with Gasteiger partial charge in [0.05, 0.1) is 6.61 Å². The topological polar surface area (TPSA) is 103 Å². The Morgan fingerprint density at radius 2 is 1.81 bits per heavy atom. The lowest BCUT2D eigenvalue weighted by Gasteiger charge is -2.11. The van der Waals surface area contributed by atoms with Crippen molar-refractivity contribution in [3.8, 4) is 5.75 Å². The molecule has 2 aromatic carbocycles. The summed E-state index contributed by atoms with van der Waals surface area (Å²) < 4.78 is 10.7. The molecule has 27 heavy (non-hydrogen) atoms. The van der Waals surface area contributed by atoms with Gasteiger partial charge in [0.25, 0.3) is 5.91 Å². The number of benzene rings is 2. The number of rotatable bonds is 8. The second kappa shape index (κ2) is 10.2. The van der Waals surface area contributed by atoms with E-state index in [1.165, 1.54) is 0 Å². The molecule has 142 valence electrons. The summed E-state index contributed by atoms with van der Waals surface area (Å²) in [5.41, 5.74) is 6.57. The third kappa shape index (κ3) is 6.69. The summed E-state index contributed by atoms with van der Waals surface area (Å²) in [6.45, 7) is 3.51. The van der Waals surface area contributed by atoms with E-state index in [0.717, 1.165) is 0 Å². The van der Waals surface area contributed by atoms with Gasteiger partial charge >= 0.3 is 0 Å². The molecule has 0 saturated heterocycles. The molecule has 8 heteroatoms. The van der Waals surface area contributed by atoms with E-state index in [9.17, 15) is 9.59 Å². The molecule has 0 aliphatic heterocycles. The molecule has 0 unspecified atom stereocenters. The Morgan fingerprint density at radius 3 is 2.48 bits per heavy atom. The van der Waals surface area contributed by atoms with Crippen LogP contribution in [0.25, 0.3) is 0 Å². The van der Waals surface area contributed by atoms with Crippen molar-refractivity contribution in [1.82, 2.24) is 5.32 Å². The summed E-state index contributed by atoms with van der Waals surface area (Å²) in [6.07, 6.45) is 0. The number of thiocarbonyl (C=S) groups is 1. The van der Waals surface area contributed by atoms with Gasteiger partial charge in [-0.15, -0.1) is 0 Å². The normalized spacial score (nSPS) is 10.1. The standard InChI is InChI=1S/C19H21N3O4S/c1-2-25-10-11-26-16-8-6-13(7-9-16)18(24)22-19(27)21-15-5-3-4-14(12-15)17(20)23/h3-9,12H,2,10-11H2,1H3,(H2,20,23)(H2,21,22,24,27). The fourth-order valence-corrected chi connectivity index (χ4v) is 2.36. The van der Waals surface area contributed by atoms with Crippen LogP contribution in [-0.2, 0) is 4.74 Å². The average Bonchev–Trinajstić information content (AvgIpc) is 2.65. The van der Waals surface area contributed by atoms with Crippen LogP contribution in [0.4, 0.5) is 5.69 Å². The SMILES string of the molecule is CCOCCOc1ccc(C(=O)NC(=S)Nc2cccc(C(N)=O)c2)cc1. The second-order valence-corrected chi connectivity index (χ2v) is 5.83. The van der Waals surface area contributed by atoms with Crippen molar-refractivity contribution in [3.63, 3.8) is 0 Å². The number of ether oxygens (including phenoxy) is 2. The van der Waals surface area contributed by atoms with Gasteiger partial charge in [-0.25, -0.2) is 0 Å². The maximum Gasteiger partial charge on any atom is 0.257 e. The monoisotopic (exact) mass is 387 g/mol. The lowest BCUT2D eigenvalue weighted by atomic mass is 10.2. The van der Waals surface area contributed by atoms with E-state index in [1.54, 1.807) is 48.5 Å². The number of anilines is 1. The van der Waals surface area contributed by atoms with Gasteiger partial charge < -0.3 is 20.5 Å². The molecule has 0 spiro atoms. The van der Waals surface area contributed by atoms with Gasteiger partial charge in [0.1, 0.15) is 12.4 Å². The Hall–Kier alpha value is -2.97. The van der Waals surface area contributed by atoms with E-state index < -0.39 is 5.91 Å². The van der Waals surface area contributed by atoms with Gasteiger partial charge in [-0.05, 0) is 61.6 Å². The van der Waals surface area contributed by atoms with Crippen LogP contribution in [0, 0.1) is 0 Å². The third-order valence-corrected chi connectivity index (χ3v) is 3.65. The van der Waals surface area contributed by atoms with Gasteiger partial charge in [0, 0.05) is 23.4 Å². The van der Waals surface area contributed by atoms with E-state index >= 15 is 0 Å². The summed E-state index contributed by atoms with van der Waals surface area (Å²) in [5, 5.41) is 5.53. The summed E-state index contributed by atoms with van der Waals surface area (Å²) in [4.78, 5) is 23.5. The van der Waals surface area contributed by atoms with Crippen LogP contribution >= 0.6 is 12.2 Å². The van der Waals surface area contributed by atoms with Crippen LogP contribution in [-0.4, -0.2) is 36.7 Å². The Bertz CT molecular complexity index is 809. The number of carbonyl (C=O) groups excluding carboxylic acids is 2. The highest BCUT2D eigenvalue weighted by Gasteiger charge is 2.09. The predicted molar refractivity (Wildman–Crippen MR) is 107 cm³/mol. The van der Waals surface area contributed by atoms with Crippen LogP contribution in [0.5, 0.6) is 5.75 Å². The zero-order valence-electron chi connectivity index (χ0n) is 14.9. The molecule has 0 heterocycles. The molecule has 2 aromatic rings. The molecule has 0 atom stereocenters. The molecule has 2 rings (SSSR count). The van der Waals surface area contributed by atoms with E-state index in [4.69, 9.17) is 27.4 Å². The fraction of sp³-hybridized carbons (Fsp3) is 0.211. The number of hydrogen-bond donors (Lipinski definition) is 3. The first-order valence-electron chi connectivity index (χ1n) is 8.32. The number of nitrogens with two attached hydrogens (primary N) is 1. The van der Waals surface area contributed by atoms with Gasteiger partial charge in [-0.1, -0.05) is 6.07 Å². The van der Waals surface area contributed by atoms with E-state index in [0.29, 0.717) is 42.4 Å². The maximum atomic E-state index is 12.3. The van der Waals surface area contributed by atoms with E-state index in [2.05, 4.69) is 10.6 Å².